The highest BCUT2D eigenvalue weighted by molar-refractivity contribution is 5.23. The number of hydrogen-bond acceptors (Lipinski definition) is 3. The smallest absolute Gasteiger partial charge is 0.128 e. The Balaban J connectivity index is 2.21. The molecule has 3 atom stereocenters. The normalized spacial score (nSPS) is 24.6. The highest BCUT2D eigenvalue weighted by atomic mass is 19.1. The van der Waals surface area contributed by atoms with Gasteiger partial charge >= 0.3 is 0 Å². The molecule has 0 bridgehead atoms. The lowest BCUT2D eigenvalue weighted by Crippen LogP contribution is -2.54. The van der Waals surface area contributed by atoms with Crippen LogP contribution in [0.5, 0.6) is 0 Å². The van der Waals surface area contributed by atoms with Gasteiger partial charge in [-0.1, -0.05) is 25.1 Å². The number of benzene rings is 1. The van der Waals surface area contributed by atoms with Crippen molar-refractivity contribution in [2.24, 2.45) is 5.73 Å². The number of likely N-dealkylation sites (N-methyl/N-ethyl adjacent to an activating group) is 1. The van der Waals surface area contributed by atoms with E-state index in [0.29, 0.717) is 6.04 Å². The molecule has 0 amide bonds. The summed E-state index contributed by atoms with van der Waals surface area (Å²) >= 11 is 0. The van der Waals surface area contributed by atoms with Gasteiger partial charge in [0.15, 0.2) is 0 Å². The van der Waals surface area contributed by atoms with Gasteiger partial charge in [-0.25, -0.2) is 4.39 Å². The molecule has 0 aromatic heterocycles. The van der Waals surface area contributed by atoms with Crippen LogP contribution in [0.3, 0.4) is 0 Å². The third kappa shape index (κ3) is 3.19. The van der Waals surface area contributed by atoms with Crippen molar-refractivity contribution >= 4 is 0 Å². The highest BCUT2D eigenvalue weighted by Gasteiger charge is 2.31. The molecule has 1 fully saturated rings. The van der Waals surface area contributed by atoms with Crippen LogP contribution >= 0.6 is 0 Å². The quantitative estimate of drug-likeness (QED) is 0.917. The lowest BCUT2D eigenvalue weighted by atomic mass is 9.97. The number of nitrogens with zero attached hydrogens (tertiary/aromatic N) is 2. The zero-order valence-corrected chi connectivity index (χ0v) is 12.7. The first-order chi connectivity index (χ1) is 9.54. The molecule has 112 valence electrons. The molecule has 0 aliphatic carbocycles. The molecule has 3 nitrogen and oxygen atoms in total. The summed E-state index contributed by atoms with van der Waals surface area (Å²) in [4.78, 5) is 4.79. The largest absolute Gasteiger partial charge is 0.326 e. The fraction of sp³-hybridized carbons (Fsp3) is 0.625. The third-order valence-corrected chi connectivity index (χ3v) is 4.32. The van der Waals surface area contributed by atoms with E-state index in [2.05, 4.69) is 23.6 Å². The van der Waals surface area contributed by atoms with Gasteiger partial charge in [-0.3, -0.25) is 9.80 Å². The van der Waals surface area contributed by atoms with Crippen LogP contribution in [0.2, 0.25) is 0 Å². The maximum atomic E-state index is 14.1. The second kappa shape index (κ2) is 6.66. The second-order valence-corrected chi connectivity index (χ2v) is 5.80. The monoisotopic (exact) mass is 279 g/mol. The first-order valence-electron chi connectivity index (χ1n) is 7.52. The SMILES string of the molecule is CCN1CCN(C(c2ccccc2F)C(C)N)CC1C. The Bertz CT molecular complexity index is 435. The van der Waals surface area contributed by atoms with Crippen molar-refractivity contribution in [3.8, 4) is 0 Å². The Labute approximate surface area is 121 Å². The van der Waals surface area contributed by atoms with Gasteiger partial charge in [0.05, 0.1) is 6.04 Å². The molecule has 0 saturated carbocycles. The molecule has 2 rings (SSSR count). The summed E-state index contributed by atoms with van der Waals surface area (Å²) in [5, 5.41) is 0. The Hall–Kier alpha value is -0.970. The number of halogens is 1. The molecule has 4 heteroatoms. The van der Waals surface area contributed by atoms with Crippen LogP contribution in [-0.2, 0) is 0 Å². The Morgan fingerprint density at radius 3 is 2.60 bits per heavy atom. The van der Waals surface area contributed by atoms with Crippen LogP contribution in [0.25, 0.3) is 0 Å². The van der Waals surface area contributed by atoms with Gasteiger partial charge in [0, 0.05) is 37.3 Å². The van der Waals surface area contributed by atoms with Crippen molar-refractivity contribution in [2.75, 3.05) is 26.2 Å². The number of hydrogen-bond donors (Lipinski definition) is 1. The molecule has 2 N–H and O–H groups in total. The molecule has 1 aromatic carbocycles. The van der Waals surface area contributed by atoms with E-state index in [-0.39, 0.29) is 17.9 Å². The van der Waals surface area contributed by atoms with E-state index in [1.807, 2.05) is 19.1 Å². The van der Waals surface area contributed by atoms with E-state index < -0.39 is 0 Å². The Morgan fingerprint density at radius 2 is 2.05 bits per heavy atom. The fourth-order valence-electron chi connectivity index (χ4n) is 3.27. The van der Waals surface area contributed by atoms with E-state index in [9.17, 15) is 4.39 Å². The van der Waals surface area contributed by atoms with E-state index in [0.717, 1.165) is 31.7 Å². The average molecular weight is 279 g/mol. The van der Waals surface area contributed by atoms with Crippen molar-refractivity contribution in [1.82, 2.24) is 9.80 Å². The highest BCUT2D eigenvalue weighted by Crippen LogP contribution is 2.28. The number of piperazine rings is 1. The molecule has 1 saturated heterocycles. The summed E-state index contributed by atoms with van der Waals surface area (Å²) in [6, 6.07) is 7.36. The summed E-state index contributed by atoms with van der Waals surface area (Å²) in [7, 11) is 0. The molecule has 0 radical (unpaired) electrons. The molecule has 1 heterocycles. The van der Waals surface area contributed by atoms with Crippen molar-refractivity contribution in [2.45, 2.75) is 38.9 Å². The van der Waals surface area contributed by atoms with Crippen LogP contribution in [0.15, 0.2) is 24.3 Å². The van der Waals surface area contributed by atoms with Gasteiger partial charge in [-0.05, 0) is 26.5 Å². The van der Waals surface area contributed by atoms with Gasteiger partial charge in [-0.2, -0.15) is 0 Å². The third-order valence-electron chi connectivity index (χ3n) is 4.32. The summed E-state index contributed by atoms with van der Waals surface area (Å²) in [5.74, 6) is -0.152. The Morgan fingerprint density at radius 1 is 1.35 bits per heavy atom. The van der Waals surface area contributed by atoms with Crippen LogP contribution in [-0.4, -0.2) is 48.1 Å². The maximum Gasteiger partial charge on any atom is 0.128 e. The van der Waals surface area contributed by atoms with Gasteiger partial charge in [-0.15, -0.1) is 0 Å². The lowest BCUT2D eigenvalue weighted by molar-refractivity contribution is 0.0505. The summed E-state index contributed by atoms with van der Waals surface area (Å²) < 4.78 is 14.1. The van der Waals surface area contributed by atoms with Gasteiger partial charge < -0.3 is 5.73 Å². The van der Waals surface area contributed by atoms with Crippen LogP contribution in [0, 0.1) is 5.82 Å². The minimum absolute atomic E-state index is 0.0438. The van der Waals surface area contributed by atoms with Gasteiger partial charge in [0.1, 0.15) is 5.82 Å². The van der Waals surface area contributed by atoms with Crippen molar-refractivity contribution < 1.29 is 4.39 Å². The molecular formula is C16H26FN3. The first-order valence-corrected chi connectivity index (χ1v) is 7.52. The molecule has 0 spiro atoms. The van der Waals surface area contributed by atoms with Crippen LogP contribution < -0.4 is 5.73 Å². The van der Waals surface area contributed by atoms with E-state index in [1.54, 1.807) is 6.07 Å². The molecule has 1 aromatic rings. The van der Waals surface area contributed by atoms with Crippen molar-refractivity contribution in [3.63, 3.8) is 0 Å². The van der Waals surface area contributed by atoms with Gasteiger partial charge in [0.25, 0.3) is 0 Å². The number of rotatable bonds is 4. The van der Waals surface area contributed by atoms with Crippen molar-refractivity contribution in [1.29, 1.82) is 0 Å². The van der Waals surface area contributed by atoms with Gasteiger partial charge in [0.2, 0.25) is 0 Å². The van der Waals surface area contributed by atoms with E-state index in [4.69, 9.17) is 5.73 Å². The lowest BCUT2D eigenvalue weighted by Gasteiger charge is -2.44. The summed E-state index contributed by atoms with van der Waals surface area (Å²) in [5.41, 5.74) is 6.88. The molecule has 3 unspecified atom stereocenters. The summed E-state index contributed by atoms with van der Waals surface area (Å²) in [6.07, 6.45) is 0. The zero-order chi connectivity index (χ0) is 14.7. The minimum Gasteiger partial charge on any atom is -0.326 e. The maximum absolute atomic E-state index is 14.1. The second-order valence-electron chi connectivity index (χ2n) is 5.80. The number of nitrogens with two attached hydrogens (primary N) is 1. The predicted octanol–water partition coefficient (Wildman–Crippen LogP) is 2.24. The topological polar surface area (TPSA) is 32.5 Å². The summed E-state index contributed by atoms with van der Waals surface area (Å²) in [6.45, 7) is 10.4. The predicted molar refractivity (Wildman–Crippen MR) is 81.1 cm³/mol. The molecule has 20 heavy (non-hydrogen) atoms. The van der Waals surface area contributed by atoms with Crippen LogP contribution in [0.1, 0.15) is 32.4 Å². The molecule has 1 aliphatic rings. The van der Waals surface area contributed by atoms with Crippen molar-refractivity contribution in [3.05, 3.63) is 35.6 Å². The van der Waals surface area contributed by atoms with Crippen LogP contribution in [0.4, 0.5) is 4.39 Å². The van der Waals surface area contributed by atoms with E-state index in [1.165, 1.54) is 6.07 Å². The Kier molecular flexibility index (Phi) is 5.13. The zero-order valence-electron chi connectivity index (χ0n) is 12.7. The first kappa shape index (κ1) is 15.4. The average Bonchev–Trinajstić information content (AvgIpc) is 2.41. The minimum atomic E-state index is -0.152. The fourth-order valence-corrected chi connectivity index (χ4v) is 3.27. The molecular weight excluding hydrogens is 253 g/mol. The molecule has 1 aliphatic heterocycles. The standard InChI is InChI=1S/C16H26FN3/c1-4-19-9-10-20(11-12(19)2)16(13(3)18)14-7-5-6-8-15(14)17/h5-8,12-13,16H,4,9-11,18H2,1-3H3. The van der Waals surface area contributed by atoms with E-state index >= 15 is 0 Å².